The number of hydrogen-bond acceptors (Lipinski definition) is 6. The Bertz CT molecular complexity index is 602. The van der Waals surface area contributed by atoms with E-state index in [-0.39, 0.29) is 12.0 Å². The molecule has 0 fully saturated rings. The van der Waals surface area contributed by atoms with Crippen molar-refractivity contribution in [1.29, 1.82) is 0 Å². The van der Waals surface area contributed by atoms with Crippen molar-refractivity contribution < 1.29 is 9.59 Å². The summed E-state index contributed by atoms with van der Waals surface area (Å²) in [5, 5.41) is 11.2. The molecule has 0 aliphatic carbocycles. The summed E-state index contributed by atoms with van der Waals surface area (Å²) in [4.78, 5) is 25.5. The second-order valence-electron chi connectivity index (χ2n) is 6.87. The molecule has 0 aliphatic rings. The molecule has 0 saturated carbocycles. The van der Waals surface area contributed by atoms with Crippen LogP contribution in [0.4, 0.5) is 4.79 Å². The zero-order chi connectivity index (χ0) is 19.9. The molecule has 0 spiro atoms. The highest BCUT2D eigenvalue weighted by Crippen LogP contribution is 2.30. The molecule has 0 radical (unpaired) electrons. The average Bonchev–Trinajstić information content (AvgIpc) is 2.92. The Balaban J connectivity index is 3.18. The number of nitrogens with two attached hydrogens (primary N) is 1. The monoisotopic (exact) mass is 384 g/mol. The van der Waals surface area contributed by atoms with Crippen LogP contribution in [0.1, 0.15) is 58.8 Å². The number of unbranched alkanes of at least 4 members (excludes halogenated alkanes) is 1. The highest BCUT2D eigenvalue weighted by atomic mass is 32.2. The third-order valence-corrected chi connectivity index (χ3v) is 5.66. The summed E-state index contributed by atoms with van der Waals surface area (Å²) in [7, 11) is 4.05. The Hall–Kier alpha value is -1.61. The van der Waals surface area contributed by atoms with Crippen molar-refractivity contribution in [3.8, 4) is 0 Å². The van der Waals surface area contributed by atoms with Crippen LogP contribution in [0, 0.1) is 5.92 Å². The first-order valence-electron chi connectivity index (χ1n) is 9.09. The van der Waals surface area contributed by atoms with E-state index in [9.17, 15) is 9.59 Å². The number of primary amides is 1. The minimum atomic E-state index is -0.840. The number of imide groups is 1. The average molecular weight is 385 g/mol. The van der Waals surface area contributed by atoms with Crippen molar-refractivity contribution in [3.05, 3.63) is 5.82 Å². The molecule has 2 atom stereocenters. The highest BCUT2D eigenvalue weighted by Gasteiger charge is 2.29. The number of rotatable bonds is 10. The van der Waals surface area contributed by atoms with Crippen molar-refractivity contribution in [2.75, 3.05) is 14.1 Å². The van der Waals surface area contributed by atoms with Gasteiger partial charge in [-0.15, -0.1) is 10.2 Å². The van der Waals surface area contributed by atoms with Crippen molar-refractivity contribution in [1.82, 2.24) is 25.0 Å². The van der Waals surface area contributed by atoms with Crippen molar-refractivity contribution in [2.24, 2.45) is 11.7 Å². The van der Waals surface area contributed by atoms with E-state index in [1.54, 1.807) is 0 Å². The second-order valence-corrected chi connectivity index (χ2v) is 7.98. The molecule has 0 bridgehead atoms. The van der Waals surface area contributed by atoms with Crippen molar-refractivity contribution in [2.45, 2.75) is 70.0 Å². The Morgan fingerprint density at radius 3 is 2.38 bits per heavy atom. The van der Waals surface area contributed by atoms with Crippen LogP contribution < -0.4 is 11.1 Å². The van der Waals surface area contributed by atoms with E-state index in [0.29, 0.717) is 5.16 Å². The lowest BCUT2D eigenvalue weighted by Crippen LogP contribution is -2.42. The number of amides is 3. The minimum Gasteiger partial charge on any atom is -0.351 e. The lowest BCUT2D eigenvalue weighted by molar-refractivity contribution is -0.120. The number of carbonyl (C=O) groups excluding carboxylic acids is 2. The van der Waals surface area contributed by atoms with Gasteiger partial charge in [-0.1, -0.05) is 45.9 Å². The normalized spacial score (nSPS) is 13.8. The molecule has 1 aromatic rings. The number of carbonyl (C=O) groups is 2. The summed E-state index contributed by atoms with van der Waals surface area (Å²) in [6.07, 6.45) is 2.97. The molecule has 3 N–H and O–H groups in total. The molecule has 1 aromatic heterocycles. The van der Waals surface area contributed by atoms with Gasteiger partial charge in [-0.2, -0.15) is 0 Å². The lowest BCUT2D eigenvalue weighted by Gasteiger charge is -2.24. The maximum atomic E-state index is 12.3. The van der Waals surface area contributed by atoms with Gasteiger partial charge >= 0.3 is 6.03 Å². The molecule has 9 heteroatoms. The fraction of sp³-hybridized carbons (Fsp3) is 0.765. The Labute approximate surface area is 160 Å². The van der Waals surface area contributed by atoms with Crippen LogP contribution >= 0.6 is 11.8 Å². The first-order chi connectivity index (χ1) is 12.2. The van der Waals surface area contributed by atoms with E-state index in [1.807, 2.05) is 27.9 Å². The van der Waals surface area contributed by atoms with Gasteiger partial charge in [0.05, 0.1) is 11.3 Å². The topological polar surface area (TPSA) is 106 Å². The molecule has 3 amide bonds. The van der Waals surface area contributed by atoms with Crippen LogP contribution in [-0.2, 0) is 11.3 Å². The number of hydrogen-bond donors (Lipinski definition) is 2. The lowest BCUT2D eigenvalue weighted by atomic mass is 10.1. The Morgan fingerprint density at radius 1 is 1.27 bits per heavy atom. The quantitative estimate of drug-likeness (QED) is 0.600. The Kier molecular flexibility index (Phi) is 9.07. The van der Waals surface area contributed by atoms with Gasteiger partial charge in [0.25, 0.3) is 0 Å². The number of thioether (sulfide) groups is 1. The first kappa shape index (κ1) is 22.4. The molecule has 1 rings (SSSR count). The third kappa shape index (κ3) is 5.98. The number of nitrogens with one attached hydrogen (secondary N) is 1. The van der Waals surface area contributed by atoms with Gasteiger partial charge in [0.1, 0.15) is 0 Å². The number of nitrogens with zero attached hydrogens (tertiary/aromatic N) is 4. The molecule has 148 valence electrons. The number of aromatic nitrogens is 3. The fourth-order valence-electron chi connectivity index (χ4n) is 2.74. The summed E-state index contributed by atoms with van der Waals surface area (Å²) in [5.41, 5.74) is 5.10. The fourth-order valence-corrected chi connectivity index (χ4v) is 3.80. The van der Waals surface area contributed by atoms with E-state index in [1.165, 1.54) is 11.8 Å². The molecule has 1 heterocycles. The Morgan fingerprint density at radius 2 is 1.92 bits per heavy atom. The van der Waals surface area contributed by atoms with Gasteiger partial charge in [0, 0.05) is 6.54 Å². The molecule has 0 aromatic carbocycles. The highest BCUT2D eigenvalue weighted by molar-refractivity contribution is 8.00. The standard InChI is InChI=1S/C17H32N6O2S/c1-7-9-10-23-14(12(8-2)22(5)6)20-21-17(23)26-13(11(3)4)15(24)19-16(18)25/h11-13H,7-10H2,1-6H3,(H3,18,19,24,25)/t12-,13+/m1/s1. The zero-order valence-corrected chi connectivity index (χ0v) is 17.5. The maximum absolute atomic E-state index is 12.3. The van der Waals surface area contributed by atoms with Crippen LogP contribution in [0.15, 0.2) is 5.16 Å². The first-order valence-corrected chi connectivity index (χ1v) is 9.97. The van der Waals surface area contributed by atoms with E-state index in [0.717, 1.165) is 31.6 Å². The van der Waals surface area contributed by atoms with Gasteiger partial charge in [-0.05, 0) is 32.9 Å². The van der Waals surface area contributed by atoms with Gasteiger partial charge in [-0.3, -0.25) is 15.0 Å². The van der Waals surface area contributed by atoms with Crippen molar-refractivity contribution in [3.63, 3.8) is 0 Å². The van der Waals surface area contributed by atoms with Gasteiger partial charge in [0.15, 0.2) is 11.0 Å². The molecular formula is C17H32N6O2S. The smallest absolute Gasteiger partial charge is 0.318 e. The molecule has 0 aliphatic heterocycles. The second kappa shape index (κ2) is 10.5. The van der Waals surface area contributed by atoms with Crippen molar-refractivity contribution >= 4 is 23.7 Å². The SMILES string of the molecule is CCCCn1c(S[C@H](C(=O)NC(N)=O)C(C)C)nnc1[C@@H](CC)N(C)C. The molecule has 0 unspecified atom stereocenters. The van der Waals surface area contributed by atoms with E-state index in [2.05, 4.69) is 38.8 Å². The molecule has 26 heavy (non-hydrogen) atoms. The van der Waals surface area contributed by atoms with E-state index in [4.69, 9.17) is 5.73 Å². The summed E-state index contributed by atoms with van der Waals surface area (Å²) < 4.78 is 2.11. The van der Waals surface area contributed by atoms with Gasteiger partial charge in [-0.25, -0.2) is 4.79 Å². The number of urea groups is 1. The summed E-state index contributed by atoms with van der Waals surface area (Å²) in [5.74, 6) is 0.518. The van der Waals surface area contributed by atoms with Crippen LogP contribution in [0.3, 0.4) is 0 Å². The molecular weight excluding hydrogens is 352 g/mol. The van der Waals surface area contributed by atoms with Crippen LogP contribution in [-0.4, -0.2) is 50.9 Å². The maximum Gasteiger partial charge on any atom is 0.318 e. The van der Waals surface area contributed by atoms with Gasteiger partial charge < -0.3 is 10.3 Å². The molecule has 0 saturated heterocycles. The van der Waals surface area contributed by atoms with E-state index >= 15 is 0 Å². The minimum absolute atomic E-state index is 0.00921. The van der Waals surface area contributed by atoms with E-state index < -0.39 is 17.2 Å². The predicted molar refractivity (Wildman–Crippen MR) is 104 cm³/mol. The zero-order valence-electron chi connectivity index (χ0n) is 16.7. The summed E-state index contributed by atoms with van der Waals surface area (Å²) >= 11 is 1.34. The van der Waals surface area contributed by atoms with Crippen LogP contribution in [0.2, 0.25) is 0 Å². The predicted octanol–water partition coefficient (Wildman–Crippen LogP) is 2.40. The van der Waals surface area contributed by atoms with Gasteiger partial charge in [0.2, 0.25) is 5.91 Å². The van der Waals surface area contributed by atoms with Crippen LogP contribution in [0.5, 0.6) is 0 Å². The third-order valence-electron chi connectivity index (χ3n) is 4.13. The summed E-state index contributed by atoms with van der Waals surface area (Å²) in [6.45, 7) is 8.92. The largest absolute Gasteiger partial charge is 0.351 e. The molecule has 8 nitrogen and oxygen atoms in total. The summed E-state index contributed by atoms with van der Waals surface area (Å²) in [6, 6.07) is -0.682. The van der Waals surface area contributed by atoms with Crippen LogP contribution in [0.25, 0.3) is 0 Å².